The Morgan fingerprint density at radius 3 is 2.32 bits per heavy atom. The summed E-state index contributed by atoms with van der Waals surface area (Å²) in [6.45, 7) is 7.00. The number of carbonyl (C=O) groups is 3. The van der Waals surface area contributed by atoms with Crippen molar-refractivity contribution >= 4 is 23.4 Å². The third kappa shape index (κ3) is 4.86. The lowest BCUT2D eigenvalue weighted by Gasteiger charge is -2.38. The van der Waals surface area contributed by atoms with Crippen molar-refractivity contribution < 1.29 is 14.4 Å². The summed E-state index contributed by atoms with van der Waals surface area (Å²) in [5, 5.41) is 0. The van der Waals surface area contributed by atoms with Gasteiger partial charge in [-0.3, -0.25) is 24.3 Å². The first-order valence-corrected chi connectivity index (χ1v) is 12.8. The van der Waals surface area contributed by atoms with Gasteiger partial charge in [0, 0.05) is 57.1 Å². The second kappa shape index (κ2) is 10.2. The Labute approximate surface area is 217 Å². The van der Waals surface area contributed by atoms with Gasteiger partial charge in [0.25, 0.3) is 0 Å². The van der Waals surface area contributed by atoms with Crippen LogP contribution in [0.3, 0.4) is 0 Å². The number of piperazine rings is 1. The quantitative estimate of drug-likeness (QED) is 0.487. The van der Waals surface area contributed by atoms with Gasteiger partial charge in [-0.2, -0.15) is 0 Å². The van der Waals surface area contributed by atoms with E-state index in [1.54, 1.807) is 24.5 Å². The Hall–Kier alpha value is -4.00. The van der Waals surface area contributed by atoms with Crippen LogP contribution in [0, 0.1) is 13.8 Å². The molecule has 7 heteroatoms. The summed E-state index contributed by atoms with van der Waals surface area (Å²) >= 11 is 0. The fourth-order valence-electron chi connectivity index (χ4n) is 5.48. The van der Waals surface area contributed by atoms with E-state index in [4.69, 9.17) is 0 Å². The van der Waals surface area contributed by atoms with Gasteiger partial charge in [-0.15, -0.1) is 0 Å². The van der Waals surface area contributed by atoms with E-state index in [-0.39, 0.29) is 37.1 Å². The molecule has 3 heterocycles. The highest BCUT2D eigenvalue weighted by Gasteiger charge is 2.54. The summed E-state index contributed by atoms with van der Waals surface area (Å²) in [4.78, 5) is 50.1. The van der Waals surface area contributed by atoms with Gasteiger partial charge in [-0.05, 0) is 54.3 Å². The van der Waals surface area contributed by atoms with Crippen LogP contribution in [0.4, 0.5) is 5.69 Å². The second-order valence-electron chi connectivity index (χ2n) is 10.1. The third-order valence-electron chi connectivity index (χ3n) is 7.62. The van der Waals surface area contributed by atoms with E-state index in [9.17, 15) is 14.4 Å². The van der Waals surface area contributed by atoms with E-state index < -0.39 is 5.41 Å². The van der Waals surface area contributed by atoms with Crippen LogP contribution in [0.2, 0.25) is 0 Å². The highest BCUT2D eigenvalue weighted by Crippen LogP contribution is 2.41. The van der Waals surface area contributed by atoms with E-state index in [1.807, 2.05) is 35.2 Å². The zero-order valence-electron chi connectivity index (χ0n) is 21.4. The lowest BCUT2D eigenvalue weighted by molar-refractivity contribution is -0.143. The van der Waals surface area contributed by atoms with Gasteiger partial charge in [-0.1, -0.05) is 42.5 Å². The van der Waals surface area contributed by atoms with Crippen LogP contribution in [0.25, 0.3) is 0 Å². The summed E-state index contributed by atoms with van der Waals surface area (Å²) in [7, 11) is 0. The number of imide groups is 1. The Bertz CT molecular complexity index is 1300. The second-order valence-corrected chi connectivity index (χ2v) is 10.1. The number of aromatic nitrogens is 1. The zero-order chi connectivity index (χ0) is 26.0. The van der Waals surface area contributed by atoms with Crippen LogP contribution in [0.5, 0.6) is 0 Å². The van der Waals surface area contributed by atoms with Gasteiger partial charge in [0.1, 0.15) is 0 Å². The van der Waals surface area contributed by atoms with Gasteiger partial charge < -0.3 is 9.80 Å². The van der Waals surface area contributed by atoms with Crippen molar-refractivity contribution in [3.05, 3.63) is 95.3 Å². The number of anilines is 1. The number of nitrogens with zero attached hydrogens (tertiary/aromatic N) is 4. The van der Waals surface area contributed by atoms with E-state index in [2.05, 4.69) is 41.9 Å². The largest absolute Gasteiger partial charge is 0.368 e. The standard InChI is InChI=1S/C30H32N4O3/c1-22-8-9-23(2)26(18-22)32-14-16-33(17-15-32)27(35)19-30(25-6-4-3-5-7-25)20-28(36)34(29(30)37)21-24-10-12-31-13-11-24/h3-13,18H,14-17,19-21H2,1-2H3/t30-/m0/s1. The number of carbonyl (C=O) groups excluding carboxylic acids is 3. The van der Waals surface area contributed by atoms with Crippen molar-refractivity contribution in [2.24, 2.45) is 0 Å². The smallest absolute Gasteiger partial charge is 0.241 e. The molecule has 2 fully saturated rings. The Balaban J connectivity index is 1.35. The minimum absolute atomic E-state index is 0.00484. The molecular formula is C30H32N4O3. The normalized spacial score (nSPS) is 20.0. The number of amides is 3. The fraction of sp³-hybridized carbons (Fsp3) is 0.333. The van der Waals surface area contributed by atoms with Crippen molar-refractivity contribution in [1.29, 1.82) is 0 Å². The number of hydrogen-bond acceptors (Lipinski definition) is 5. The molecule has 0 unspecified atom stereocenters. The molecule has 0 saturated carbocycles. The fourth-order valence-corrected chi connectivity index (χ4v) is 5.48. The summed E-state index contributed by atoms with van der Waals surface area (Å²) in [6, 6.07) is 19.3. The summed E-state index contributed by atoms with van der Waals surface area (Å²) in [5.74, 6) is -0.641. The van der Waals surface area contributed by atoms with Crippen LogP contribution >= 0.6 is 0 Å². The van der Waals surface area contributed by atoms with Crippen molar-refractivity contribution in [3.8, 4) is 0 Å². The Morgan fingerprint density at radius 1 is 0.919 bits per heavy atom. The van der Waals surface area contributed by atoms with Crippen LogP contribution in [-0.4, -0.2) is 58.7 Å². The molecule has 2 aliphatic rings. The summed E-state index contributed by atoms with van der Waals surface area (Å²) < 4.78 is 0. The molecule has 1 atom stereocenters. The first kappa shape index (κ1) is 24.7. The van der Waals surface area contributed by atoms with Gasteiger partial charge in [0.15, 0.2) is 0 Å². The predicted molar refractivity (Wildman–Crippen MR) is 142 cm³/mol. The number of likely N-dealkylation sites (tertiary alicyclic amines) is 1. The number of pyridine rings is 1. The average molecular weight is 497 g/mol. The van der Waals surface area contributed by atoms with Crippen molar-refractivity contribution in [2.75, 3.05) is 31.1 Å². The third-order valence-corrected chi connectivity index (χ3v) is 7.62. The number of aryl methyl sites for hydroxylation is 2. The van der Waals surface area contributed by atoms with Crippen molar-refractivity contribution in [3.63, 3.8) is 0 Å². The van der Waals surface area contributed by atoms with Gasteiger partial charge in [0.2, 0.25) is 17.7 Å². The van der Waals surface area contributed by atoms with Crippen LogP contribution in [-0.2, 0) is 26.3 Å². The lowest BCUT2D eigenvalue weighted by Crippen LogP contribution is -2.51. The van der Waals surface area contributed by atoms with Crippen LogP contribution in [0.1, 0.15) is 35.1 Å². The van der Waals surface area contributed by atoms with Crippen molar-refractivity contribution in [2.45, 2.75) is 38.6 Å². The van der Waals surface area contributed by atoms with Crippen molar-refractivity contribution in [1.82, 2.24) is 14.8 Å². The molecule has 2 aliphatic heterocycles. The number of benzene rings is 2. The molecule has 3 aromatic rings. The number of hydrogen-bond donors (Lipinski definition) is 0. The summed E-state index contributed by atoms with van der Waals surface area (Å²) in [6.07, 6.45) is 3.27. The first-order valence-electron chi connectivity index (χ1n) is 12.8. The molecule has 0 radical (unpaired) electrons. The number of rotatable bonds is 6. The molecule has 37 heavy (non-hydrogen) atoms. The molecule has 5 rings (SSSR count). The minimum atomic E-state index is -1.19. The van der Waals surface area contributed by atoms with Crippen LogP contribution < -0.4 is 4.90 Å². The maximum Gasteiger partial charge on any atom is 0.241 e. The van der Waals surface area contributed by atoms with Gasteiger partial charge in [0.05, 0.1) is 12.0 Å². The molecule has 190 valence electrons. The zero-order valence-corrected chi connectivity index (χ0v) is 21.4. The van der Waals surface area contributed by atoms with E-state index in [0.717, 1.165) is 18.7 Å². The molecule has 2 saturated heterocycles. The molecule has 3 amide bonds. The van der Waals surface area contributed by atoms with E-state index >= 15 is 0 Å². The van der Waals surface area contributed by atoms with E-state index in [1.165, 1.54) is 21.7 Å². The molecule has 7 nitrogen and oxygen atoms in total. The summed E-state index contributed by atoms with van der Waals surface area (Å²) in [5.41, 5.74) is 3.99. The Morgan fingerprint density at radius 2 is 1.62 bits per heavy atom. The molecule has 1 aromatic heterocycles. The molecular weight excluding hydrogens is 464 g/mol. The highest BCUT2D eigenvalue weighted by atomic mass is 16.2. The molecule has 0 N–H and O–H groups in total. The first-order chi connectivity index (χ1) is 17.9. The SMILES string of the molecule is Cc1ccc(C)c(N2CCN(C(=O)C[C@@]3(c4ccccc4)CC(=O)N(Cc4ccncc4)C3=O)CC2)c1. The van der Waals surface area contributed by atoms with E-state index in [0.29, 0.717) is 18.7 Å². The maximum absolute atomic E-state index is 13.9. The highest BCUT2D eigenvalue weighted by molar-refractivity contribution is 6.10. The van der Waals surface area contributed by atoms with Gasteiger partial charge in [-0.25, -0.2) is 0 Å². The van der Waals surface area contributed by atoms with Gasteiger partial charge >= 0.3 is 0 Å². The topological polar surface area (TPSA) is 73.8 Å². The van der Waals surface area contributed by atoms with Crippen LogP contribution in [0.15, 0.2) is 73.1 Å². The minimum Gasteiger partial charge on any atom is -0.368 e. The lowest BCUT2D eigenvalue weighted by atomic mass is 9.75. The molecule has 0 aliphatic carbocycles. The molecule has 2 aromatic carbocycles. The predicted octanol–water partition coefficient (Wildman–Crippen LogP) is 3.63. The molecule has 0 spiro atoms. The average Bonchev–Trinajstić information content (AvgIpc) is 3.16. The monoisotopic (exact) mass is 496 g/mol. The Kier molecular flexibility index (Phi) is 6.78. The maximum atomic E-state index is 13.9. The molecule has 0 bridgehead atoms.